The Bertz CT molecular complexity index is 1870. The van der Waals surface area contributed by atoms with Gasteiger partial charge in [-0.2, -0.15) is 15.8 Å². The zero-order valence-electron chi connectivity index (χ0n) is 26.7. The molecule has 4 nitrogen and oxygen atoms in total. The second-order valence-corrected chi connectivity index (χ2v) is 13.2. The largest absolute Gasteiger partial charge is 0.309 e. The average molecular weight is 585 g/mol. The van der Waals surface area contributed by atoms with Gasteiger partial charge in [-0.1, -0.05) is 126 Å². The minimum absolute atomic E-state index is 0.111. The number of nitriles is 3. The first-order valence-electron chi connectivity index (χ1n) is 15.1. The molecule has 5 rings (SSSR count). The van der Waals surface area contributed by atoms with Crippen LogP contribution < -0.4 is 4.90 Å². The lowest BCUT2D eigenvalue weighted by atomic mass is 9.70. The van der Waals surface area contributed by atoms with Crippen LogP contribution in [-0.4, -0.2) is 0 Å². The SMILES string of the molecule is CC(C)(C)c1c(C#N)c(C#N)c(C#N)c(N(c2ccc(-c3ccccc3)cc2)c2ccc(-c3ccccc3)cc2)c1C(C)(C)C. The lowest BCUT2D eigenvalue weighted by Gasteiger charge is -2.38. The highest BCUT2D eigenvalue weighted by Crippen LogP contribution is 2.50. The maximum absolute atomic E-state index is 10.7. The molecule has 220 valence electrons. The van der Waals surface area contributed by atoms with E-state index in [0.717, 1.165) is 44.8 Å². The Morgan fingerprint density at radius 1 is 0.422 bits per heavy atom. The molecule has 0 N–H and O–H groups in total. The summed E-state index contributed by atoms with van der Waals surface area (Å²) in [4.78, 5) is 2.08. The van der Waals surface area contributed by atoms with Crippen molar-refractivity contribution >= 4 is 17.1 Å². The Balaban J connectivity index is 1.88. The van der Waals surface area contributed by atoms with Gasteiger partial charge in [0.25, 0.3) is 0 Å². The topological polar surface area (TPSA) is 74.6 Å². The maximum Gasteiger partial charge on any atom is 0.103 e. The standard InChI is InChI=1S/C41H36N4/c1-40(2,3)37-35(26-43)34(25-42)36(27-44)39(38(37)41(4,5)6)45(32-21-17-30(18-22-32)28-13-9-7-10-14-28)33-23-19-31(20-24-33)29-15-11-8-12-16-29/h7-24H,1-6H3. The number of benzene rings is 5. The first-order chi connectivity index (χ1) is 21.5. The van der Waals surface area contributed by atoms with E-state index in [1.54, 1.807) is 0 Å². The van der Waals surface area contributed by atoms with E-state index in [-0.39, 0.29) is 16.7 Å². The molecule has 5 aromatic carbocycles. The van der Waals surface area contributed by atoms with Gasteiger partial charge in [-0.05, 0) is 68.5 Å². The van der Waals surface area contributed by atoms with Crippen molar-refractivity contribution < 1.29 is 0 Å². The fourth-order valence-electron chi connectivity index (χ4n) is 6.05. The molecular formula is C41H36N4. The Hall–Kier alpha value is -5.63. The molecule has 0 unspecified atom stereocenters. The molecule has 0 aliphatic rings. The summed E-state index contributed by atoms with van der Waals surface area (Å²) in [6.45, 7) is 12.5. The zero-order valence-corrected chi connectivity index (χ0v) is 26.7. The van der Waals surface area contributed by atoms with Gasteiger partial charge in [-0.15, -0.1) is 0 Å². The lowest BCUT2D eigenvalue weighted by Crippen LogP contribution is -2.29. The molecule has 0 fully saturated rings. The van der Waals surface area contributed by atoms with Gasteiger partial charge in [0.05, 0.1) is 22.4 Å². The monoisotopic (exact) mass is 584 g/mol. The van der Waals surface area contributed by atoms with Gasteiger partial charge >= 0.3 is 0 Å². The number of hydrogen-bond acceptors (Lipinski definition) is 4. The molecule has 45 heavy (non-hydrogen) atoms. The summed E-state index contributed by atoms with van der Waals surface area (Å²) in [5.41, 5.74) is 7.97. The molecule has 0 aliphatic carbocycles. The smallest absolute Gasteiger partial charge is 0.103 e. The summed E-state index contributed by atoms with van der Waals surface area (Å²) >= 11 is 0. The van der Waals surface area contributed by atoms with Crippen molar-refractivity contribution in [2.75, 3.05) is 4.90 Å². The molecule has 0 aliphatic heterocycles. The van der Waals surface area contributed by atoms with E-state index in [9.17, 15) is 15.8 Å². The maximum atomic E-state index is 10.7. The molecule has 0 saturated carbocycles. The minimum Gasteiger partial charge on any atom is -0.309 e. The first-order valence-corrected chi connectivity index (χ1v) is 15.1. The van der Waals surface area contributed by atoms with E-state index >= 15 is 0 Å². The third-order valence-electron chi connectivity index (χ3n) is 8.00. The molecular weight excluding hydrogens is 548 g/mol. The van der Waals surface area contributed by atoms with Crippen molar-refractivity contribution in [3.63, 3.8) is 0 Å². The van der Waals surface area contributed by atoms with E-state index in [4.69, 9.17) is 0 Å². The second kappa shape index (κ2) is 12.2. The van der Waals surface area contributed by atoms with Crippen LogP contribution in [0.25, 0.3) is 22.3 Å². The highest BCUT2D eigenvalue weighted by Gasteiger charge is 2.37. The highest BCUT2D eigenvalue weighted by atomic mass is 15.1. The quantitative estimate of drug-likeness (QED) is 0.206. The summed E-state index contributed by atoms with van der Waals surface area (Å²) in [6.07, 6.45) is 0. The van der Waals surface area contributed by atoms with E-state index in [1.165, 1.54) is 0 Å². The predicted octanol–water partition coefficient (Wildman–Crippen LogP) is 10.7. The first kappa shape index (κ1) is 30.8. The molecule has 0 spiro atoms. The van der Waals surface area contributed by atoms with Crippen molar-refractivity contribution in [3.8, 4) is 40.5 Å². The van der Waals surface area contributed by atoms with Crippen LogP contribution in [0.5, 0.6) is 0 Å². The van der Waals surface area contributed by atoms with Crippen molar-refractivity contribution in [2.24, 2.45) is 0 Å². The Labute approximate surface area is 267 Å². The normalized spacial score (nSPS) is 11.3. The van der Waals surface area contributed by atoms with Gasteiger partial charge in [0, 0.05) is 11.4 Å². The second-order valence-electron chi connectivity index (χ2n) is 13.2. The molecule has 0 amide bonds. The van der Waals surface area contributed by atoms with E-state index in [2.05, 4.69) is 137 Å². The van der Waals surface area contributed by atoms with Gasteiger partial charge in [0.15, 0.2) is 0 Å². The zero-order chi connectivity index (χ0) is 32.4. The van der Waals surface area contributed by atoms with Crippen LogP contribution in [-0.2, 0) is 10.8 Å². The van der Waals surface area contributed by atoms with Gasteiger partial charge in [0.2, 0.25) is 0 Å². The molecule has 0 bridgehead atoms. The molecule has 0 aromatic heterocycles. The highest BCUT2D eigenvalue weighted by molar-refractivity contribution is 5.88. The van der Waals surface area contributed by atoms with Crippen LogP contribution in [0.3, 0.4) is 0 Å². The average Bonchev–Trinajstić information content (AvgIpc) is 3.04. The van der Waals surface area contributed by atoms with E-state index in [0.29, 0.717) is 5.69 Å². The fraction of sp³-hybridized carbons (Fsp3) is 0.195. The lowest BCUT2D eigenvalue weighted by molar-refractivity contribution is 0.529. The molecule has 0 heterocycles. The molecule has 0 radical (unpaired) electrons. The summed E-state index contributed by atoms with van der Waals surface area (Å²) in [5.74, 6) is 0. The minimum atomic E-state index is -0.484. The van der Waals surface area contributed by atoms with Crippen LogP contribution >= 0.6 is 0 Å². The third kappa shape index (κ3) is 5.95. The van der Waals surface area contributed by atoms with Crippen LogP contribution in [0.15, 0.2) is 109 Å². The van der Waals surface area contributed by atoms with Gasteiger partial charge in [0.1, 0.15) is 18.2 Å². The molecule has 5 aromatic rings. The van der Waals surface area contributed by atoms with Gasteiger partial charge in [-0.25, -0.2) is 0 Å². The molecule has 0 atom stereocenters. The van der Waals surface area contributed by atoms with Gasteiger partial charge in [-0.3, -0.25) is 0 Å². The summed E-state index contributed by atoms with van der Waals surface area (Å²) in [7, 11) is 0. The summed E-state index contributed by atoms with van der Waals surface area (Å²) in [6, 6.07) is 43.9. The number of anilines is 3. The van der Waals surface area contributed by atoms with Crippen LogP contribution in [0.1, 0.15) is 69.4 Å². The van der Waals surface area contributed by atoms with Crippen molar-refractivity contribution in [3.05, 3.63) is 137 Å². The predicted molar refractivity (Wildman–Crippen MR) is 184 cm³/mol. The van der Waals surface area contributed by atoms with E-state index in [1.807, 2.05) is 36.4 Å². The van der Waals surface area contributed by atoms with Crippen LogP contribution in [0.4, 0.5) is 17.1 Å². The van der Waals surface area contributed by atoms with Crippen molar-refractivity contribution in [1.82, 2.24) is 0 Å². The summed E-state index contributed by atoms with van der Waals surface area (Å²) in [5, 5.41) is 31.6. The van der Waals surface area contributed by atoms with Crippen LogP contribution in [0.2, 0.25) is 0 Å². The van der Waals surface area contributed by atoms with Crippen molar-refractivity contribution in [1.29, 1.82) is 15.8 Å². The third-order valence-corrected chi connectivity index (χ3v) is 8.00. The van der Waals surface area contributed by atoms with Crippen LogP contribution in [0, 0.1) is 34.0 Å². The number of nitrogens with zero attached hydrogens (tertiary/aromatic N) is 4. The number of rotatable bonds is 5. The van der Waals surface area contributed by atoms with Gasteiger partial charge < -0.3 is 4.90 Å². The summed E-state index contributed by atoms with van der Waals surface area (Å²) < 4.78 is 0. The Kier molecular flexibility index (Phi) is 8.33. The van der Waals surface area contributed by atoms with Crippen molar-refractivity contribution in [2.45, 2.75) is 52.4 Å². The Morgan fingerprint density at radius 3 is 1.11 bits per heavy atom. The fourth-order valence-corrected chi connectivity index (χ4v) is 6.05. The molecule has 4 heteroatoms. The Morgan fingerprint density at radius 2 is 0.778 bits per heavy atom. The molecule has 0 saturated heterocycles. The number of hydrogen-bond donors (Lipinski definition) is 0. The van der Waals surface area contributed by atoms with E-state index < -0.39 is 10.8 Å².